The summed E-state index contributed by atoms with van der Waals surface area (Å²) in [6.45, 7) is -0.165. The minimum atomic E-state index is -1.01. The zero-order valence-electron chi connectivity index (χ0n) is 10.6. The van der Waals surface area contributed by atoms with Crippen molar-refractivity contribution in [3.05, 3.63) is 29.8 Å². The molecule has 0 radical (unpaired) electrons. The first-order valence-electron chi connectivity index (χ1n) is 5.80. The third-order valence-electron chi connectivity index (χ3n) is 2.61. The van der Waals surface area contributed by atoms with Gasteiger partial charge in [0.15, 0.2) is 0 Å². The number of aliphatic hydroxyl groups is 1. The molecule has 0 aliphatic rings. The van der Waals surface area contributed by atoms with Gasteiger partial charge in [-0.05, 0) is 6.07 Å². The quantitative estimate of drug-likeness (QED) is 0.638. The Labute approximate surface area is 111 Å². The average Bonchev–Trinajstić information content (AvgIpc) is 2.38. The molecule has 0 bridgehead atoms. The summed E-state index contributed by atoms with van der Waals surface area (Å²) in [4.78, 5) is 22.0. The van der Waals surface area contributed by atoms with Crippen molar-refractivity contribution in [2.75, 3.05) is 12.4 Å². The number of carbonyl (C=O) groups excluding carboxylic acids is 1. The van der Waals surface area contributed by atoms with Crippen LogP contribution in [0, 0.1) is 0 Å². The van der Waals surface area contributed by atoms with E-state index in [1.54, 1.807) is 24.3 Å². The number of anilines is 1. The highest BCUT2D eigenvalue weighted by atomic mass is 16.5. The molecule has 1 rings (SSSR count). The molecule has 6 heteroatoms. The number of carboxylic acids is 1. The van der Waals surface area contributed by atoms with Crippen molar-refractivity contribution in [2.45, 2.75) is 25.5 Å². The molecule has 104 valence electrons. The maximum Gasteiger partial charge on any atom is 0.307 e. The van der Waals surface area contributed by atoms with Gasteiger partial charge in [-0.1, -0.05) is 18.2 Å². The van der Waals surface area contributed by atoms with Gasteiger partial charge in [-0.3, -0.25) is 9.59 Å². The number of ether oxygens (including phenoxy) is 1. The van der Waals surface area contributed by atoms with Gasteiger partial charge in [-0.25, -0.2) is 0 Å². The predicted molar refractivity (Wildman–Crippen MR) is 68.7 cm³/mol. The maximum atomic E-state index is 11.2. The lowest BCUT2D eigenvalue weighted by Crippen LogP contribution is -2.27. The summed E-state index contributed by atoms with van der Waals surface area (Å²) < 4.78 is 4.54. The molecule has 0 spiro atoms. The van der Waals surface area contributed by atoms with Gasteiger partial charge in [0, 0.05) is 17.3 Å². The molecule has 0 amide bonds. The Balaban J connectivity index is 2.80. The lowest BCUT2D eigenvalue weighted by molar-refractivity contribution is -0.141. The van der Waals surface area contributed by atoms with Crippen molar-refractivity contribution in [2.24, 2.45) is 0 Å². The summed E-state index contributed by atoms with van der Waals surface area (Å²) in [6, 6.07) is 6.38. The Morgan fingerprint density at radius 3 is 2.58 bits per heavy atom. The molecule has 0 heterocycles. The van der Waals surface area contributed by atoms with Gasteiger partial charge in [0.2, 0.25) is 0 Å². The fourth-order valence-corrected chi connectivity index (χ4v) is 1.69. The summed E-state index contributed by atoms with van der Waals surface area (Å²) in [5.41, 5.74) is 1.25. The number of carbonyl (C=O) groups is 2. The lowest BCUT2D eigenvalue weighted by Gasteiger charge is -2.19. The zero-order chi connectivity index (χ0) is 14.3. The monoisotopic (exact) mass is 267 g/mol. The van der Waals surface area contributed by atoms with Crippen molar-refractivity contribution < 1.29 is 24.5 Å². The first-order valence-corrected chi connectivity index (χ1v) is 5.80. The Bertz CT molecular complexity index is 446. The van der Waals surface area contributed by atoms with Crippen molar-refractivity contribution in [3.63, 3.8) is 0 Å². The number of para-hydroxylation sites is 1. The van der Waals surface area contributed by atoms with Gasteiger partial charge in [-0.15, -0.1) is 0 Å². The van der Waals surface area contributed by atoms with Gasteiger partial charge < -0.3 is 20.3 Å². The fourth-order valence-electron chi connectivity index (χ4n) is 1.69. The number of carboxylic acid groups (broad SMARTS) is 1. The van der Waals surface area contributed by atoms with Crippen LogP contribution >= 0.6 is 0 Å². The molecule has 0 aromatic heterocycles. The van der Waals surface area contributed by atoms with Crippen LogP contribution in [0.4, 0.5) is 5.69 Å². The van der Waals surface area contributed by atoms with Crippen LogP contribution < -0.4 is 5.32 Å². The highest BCUT2D eigenvalue weighted by Crippen LogP contribution is 2.18. The summed E-state index contributed by atoms with van der Waals surface area (Å²) in [5.74, 6) is -1.50. The molecular formula is C13H17NO5. The summed E-state index contributed by atoms with van der Waals surface area (Å²) in [5, 5.41) is 21.0. The van der Waals surface area contributed by atoms with E-state index >= 15 is 0 Å². The van der Waals surface area contributed by atoms with Crippen LogP contribution in [-0.2, 0) is 20.9 Å². The molecule has 0 aliphatic carbocycles. The van der Waals surface area contributed by atoms with E-state index in [2.05, 4.69) is 10.1 Å². The molecule has 0 saturated carbocycles. The summed E-state index contributed by atoms with van der Waals surface area (Å²) in [7, 11) is 1.25. The van der Waals surface area contributed by atoms with E-state index < -0.39 is 18.0 Å². The van der Waals surface area contributed by atoms with E-state index in [0.29, 0.717) is 11.3 Å². The second kappa shape index (κ2) is 7.38. The molecule has 1 unspecified atom stereocenters. The van der Waals surface area contributed by atoms with Crippen molar-refractivity contribution >= 4 is 17.6 Å². The van der Waals surface area contributed by atoms with Gasteiger partial charge in [0.05, 0.1) is 26.6 Å². The van der Waals surface area contributed by atoms with Crippen molar-refractivity contribution in [1.29, 1.82) is 0 Å². The molecule has 19 heavy (non-hydrogen) atoms. The highest BCUT2D eigenvalue weighted by Gasteiger charge is 2.18. The first kappa shape index (κ1) is 15.0. The van der Waals surface area contributed by atoms with Gasteiger partial charge >= 0.3 is 11.9 Å². The third kappa shape index (κ3) is 4.97. The molecule has 0 aliphatic heterocycles. The molecule has 1 aromatic rings. The molecule has 1 atom stereocenters. The number of aliphatic hydroxyl groups excluding tert-OH is 1. The minimum Gasteiger partial charge on any atom is -0.481 e. The zero-order valence-corrected chi connectivity index (χ0v) is 10.6. The highest BCUT2D eigenvalue weighted by molar-refractivity contribution is 5.74. The van der Waals surface area contributed by atoms with E-state index in [-0.39, 0.29) is 19.4 Å². The molecule has 1 aromatic carbocycles. The van der Waals surface area contributed by atoms with Crippen LogP contribution in [0.5, 0.6) is 0 Å². The second-order valence-corrected chi connectivity index (χ2v) is 4.03. The lowest BCUT2D eigenvalue weighted by atomic mass is 10.1. The second-order valence-electron chi connectivity index (χ2n) is 4.03. The topological polar surface area (TPSA) is 95.9 Å². The predicted octanol–water partition coefficient (Wildman–Crippen LogP) is 0.997. The van der Waals surface area contributed by atoms with Crippen LogP contribution in [0.25, 0.3) is 0 Å². The largest absolute Gasteiger partial charge is 0.481 e. The normalized spacial score (nSPS) is 11.7. The Kier molecular flexibility index (Phi) is 5.81. The van der Waals surface area contributed by atoms with Crippen molar-refractivity contribution in [3.8, 4) is 0 Å². The summed E-state index contributed by atoms with van der Waals surface area (Å²) >= 11 is 0. The molecule has 0 saturated heterocycles. The number of nitrogens with one attached hydrogen (secondary N) is 1. The number of methoxy groups -OCH3 is 1. The number of aliphatic carboxylic acids is 1. The van der Waals surface area contributed by atoms with E-state index in [9.17, 15) is 14.7 Å². The Hall–Kier alpha value is -2.08. The van der Waals surface area contributed by atoms with Gasteiger partial charge in [0.25, 0.3) is 0 Å². The molecule has 3 N–H and O–H groups in total. The average molecular weight is 267 g/mol. The standard InChI is InChI=1S/C13H17NO5/c1-19-13(18)7-10(6-12(16)17)14-11-5-3-2-4-9(11)8-15/h2-5,10,14-15H,6-8H2,1H3,(H,16,17). The Morgan fingerprint density at radius 1 is 1.32 bits per heavy atom. The number of hydrogen-bond donors (Lipinski definition) is 3. The van der Waals surface area contributed by atoms with Crippen LogP contribution in [0.2, 0.25) is 0 Å². The van der Waals surface area contributed by atoms with Crippen LogP contribution in [0.1, 0.15) is 18.4 Å². The number of rotatable bonds is 7. The van der Waals surface area contributed by atoms with E-state index in [1.165, 1.54) is 7.11 Å². The minimum absolute atomic E-state index is 0.0530. The number of esters is 1. The molecule has 0 fully saturated rings. The van der Waals surface area contributed by atoms with Crippen LogP contribution in [-0.4, -0.2) is 35.3 Å². The first-order chi connectivity index (χ1) is 9.06. The van der Waals surface area contributed by atoms with E-state index in [0.717, 1.165) is 0 Å². The number of hydrogen-bond acceptors (Lipinski definition) is 5. The Morgan fingerprint density at radius 2 is 2.00 bits per heavy atom. The van der Waals surface area contributed by atoms with Crippen LogP contribution in [0.15, 0.2) is 24.3 Å². The maximum absolute atomic E-state index is 11.2. The number of benzene rings is 1. The summed E-state index contributed by atoms with van der Waals surface area (Å²) in [6.07, 6.45) is -0.266. The smallest absolute Gasteiger partial charge is 0.307 e. The fraction of sp³-hybridized carbons (Fsp3) is 0.385. The van der Waals surface area contributed by atoms with Gasteiger partial charge in [0.1, 0.15) is 0 Å². The third-order valence-corrected chi connectivity index (χ3v) is 2.61. The van der Waals surface area contributed by atoms with Crippen molar-refractivity contribution in [1.82, 2.24) is 0 Å². The molecule has 6 nitrogen and oxygen atoms in total. The van der Waals surface area contributed by atoms with Gasteiger partial charge in [-0.2, -0.15) is 0 Å². The molecular weight excluding hydrogens is 250 g/mol. The SMILES string of the molecule is COC(=O)CC(CC(=O)O)Nc1ccccc1CO. The van der Waals surface area contributed by atoms with E-state index in [1.807, 2.05) is 0 Å². The van der Waals surface area contributed by atoms with Crippen LogP contribution in [0.3, 0.4) is 0 Å². The van der Waals surface area contributed by atoms with E-state index in [4.69, 9.17) is 5.11 Å².